The first kappa shape index (κ1) is 20.6. The van der Waals surface area contributed by atoms with Gasteiger partial charge in [0.2, 0.25) is 0 Å². The van der Waals surface area contributed by atoms with Crippen molar-refractivity contribution in [1.82, 2.24) is 0 Å². The van der Waals surface area contributed by atoms with Gasteiger partial charge < -0.3 is 5.11 Å². The van der Waals surface area contributed by atoms with Gasteiger partial charge in [0.1, 0.15) is 0 Å². The van der Waals surface area contributed by atoms with E-state index in [1.165, 1.54) is 56.4 Å². The highest BCUT2D eigenvalue weighted by atomic mass is 32.2. The summed E-state index contributed by atoms with van der Waals surface area (Å²) in [5.74, 6) is -1.54. The number of rotatable bonds is 12. The van der Waals surface area contributed by atoms with Crippen LogP contribution < -0.4 is 0 Å². The fraction of sp³-hybridized carbons (Fsp3) is 0.611. The van der Waals surface area contributed by atoms with Crippen LogP contribution in [0.25, 0.3) is 0 Å². The molecule has 2 N–H and O–H groups in total. The molecule has 1 aromatic carbocycles. The topological polar surface area (TPSA) is 91.7 Å². The van der Waals surface area contributed by atoms with Gasteiger partial charge in [-0.15, -0.1) is 0 Å². The minimum absolute atomic E-state index is 0.220. The third-order valence-electron chi connectivity index (χ3n) is 4.22. The van der Waals surface area contributed by atoms with Crippen LogP contribution in [0.1, 0.15) is 76.2 Å². The van der Waals surface area contributed by atoms with Gasteiger partial charge in [0.05, 0.1) is 10.8 Å². The highest BCUT2D eigenvalue weighted by Gasteiger charge is 2.20. The Kier molecular flexibility index (Phi) is 9.00. The molecule has 0 aliphatic carbocycles. The van der Waals surface area contributed by atoms with Crippen LogP contribution in [0.5, 0.6) is 0 Å². The van der Waals surface area contributed by atoms with E-state index in [-0.39, 0.29) is 4.90 Å². The third-order valence-corrected chi connectivity index (χ3v) is 5.09. The van der Waals surface area contributed by atoms with Gasteiger partial charge in [0.15, 0.2) is 0 Å². The molecule has 136 valence electrons. The first-order valence-electron chi connectivity index (χ1n) is 8.66. The van der Waals surface area contributed by atoms with Gasteiger partial charge in [-0.1, -0.05) is 70.4 Å². The van der Waals surface area contributed by atoms with Crippen LogP contribution in [-0.2, 0) is 14.9 Å². The molecule has 0 radical (unpaired) electrons. The van der Waals surface area contributed by atoms with Crippen LogP contribution in [-0.4, -0.2) is 24.0 Å². The van der Waals surface area contributed by atoms with E-state index in [1.54, 1.807) is 0 Å². The van der Waals surface area contributed by atoms with Gasteiger partial charge in [-0.05, 0) is 24.1 Å². The maximum Gasteiger partial charge on any atom is 0.310 e. The fourth-order valence-electron chi connectivity index (χ4n) is 2.79. The Bertz CT molecular complexity index is 592. The SMILES string of the molecule is CCCCCCCCCCC(C(=O)O)c1ccc(S(=O)(=O)O)cc1. The Morgan fingerprint density at radius 3 is 1.92 bits per heavy atom. The summed E-state index contributed by atoms with van der Waals surface area (Å²) < 4.78 is 31.0. The molecule has 0 heterocycles. The van der Waals surface area contributed by atoms with Gasteiger partial charge >= 0.3 is 5.97 Å². The minimum Gasteiger partial charge on any atom is -0.481 e. The molecule has 1 atom stereocenters. The Morgan fingerprint density at radius 1 is 0.958 bits per heavy atom. The van der Waals surface area contributed by atoms with Gasteiger partial charge in [0.25, 0.3) is 10.1 Å². The zero-order valence-electron chi connectivity index (χ0n) is 14.3. The van der Waals surface area contributed by atoms with Gasteiger partial charge in [0, 0.05) is 0 Å². The lowest BCUT2D eigenvalue weighted by molar-refractivity contribution is -0.139. The van der Waals surface area contributed by atoms with Gasteiger partial charge in [-0.3, -0.25) is 9.35 Å². The summed E-state index contributed by atoms with van der Waals surface area (Å²) >= 11 is 0. The molecular weight excluding hydrogens is 328 g/mol. The normalized spacial score (nSPS) is 12.9. The Morgan fingerprint density at radius 2 is 1.46 bits per heavy atom. The van der Waals surface area contributed by atoms with E-state index in [2.05, 4.69) is 6.92 Å². The van der Waals surface area contributed by atoms with E-state index < -0.39 is 22.0 Å². The zero-order valence-corrected chi connectivity index (χ0v) is 15.1. The van der Waals surface area contributed by atoms with Crippen LogP contribution in [0.15, 0.2) is 29.2 Å². The molecule has 0 saturated heterocycles. The Balaban J connectivity index is 2.46. The van der Waals surface area contributed by atoms with E-state index in [9.17, 15) is 18.3 Å². The molecule has 24 heavy (non-hydrogen) atoms. The average molecular weight is 356 g/mol. The lowest BCUT2D eigenvalue weighted by Gasteiger charge is -2.13. The summed E-state index contributed by atoms with van der Waals surface area (Å²) in [5.41, 5.74) is 0.567. The number of carbonyl (C=O) groups is 1. The molecule has 1 rings (SSSR count). The second-order valence-electron chi connectivity index (χ2n) is 6.20. The van der Waals surface area contributed by atoms with Crippen molar-refractivity contribution in [3.05, 3.63) is 29.8 Å². The van der Waals surface area contributed by atoms with Crippen molar-refractivity contribution in [3.63, 3.8) is 0 Å². The maximum absolute atomic E-state index is 11.5. The second kappa shape index (κ2) is 10.5. The van der Waals surface area contributed by atoms with Crippen LogP contribution in [0, 0.1) is 0 Å². The number of carboxylic acids is 1. The maximum atomic E-state index is 11.5. The van der Waals surface area contributed by atoms with Crippen molar-refractivity contribution < 1.29 is 22.9 Å². The molecule has 1 unspecified atom stereocenters. The van der Waals surface area contributed by atoms with E-state index in [0.717, 1.165) is 19.3 Å². The van der Waals surface area contributed by atoms with Crippen LogP contribution in [0.3, 0.4) is 0 Å². The number of benzene rings is 1. The Hall–Kier alpha value is -1.40. The third kappa shape index (κ3) is 7.45. The highest BCUT2D eigenvalue weighted by Crippen LogP contribution is 2.24. The van der Waals surface area contributed by atoms with E-state index in [0.29, 0.717) is 12.0 Å². The predicted octanol–water partition coefficient (Wildman–Crippen LogP) is 4.63. The summed E-state index contributed by atoms with van der Waals surface area (Å²) in [6.45, 7) is 2.19. The highest BCUT2D eigenvalue weighted by molar-refractivity contribution is 7.85. The predicted molar refractivity (Wildman–Crippen MR) is 93.9 cm³/mol. The smallest absolute Gasteiger partial charge is 0.310 e. The van der Waals surface area contributed by atoms with Crippen molar-refractivity contribution in [2.24, 2.45) is 0 Å². The summed E-state index contributed by atoms with van der Waals surface area (Å²) in [7, 11) is -4.25. The number of unbranched alkanes of at least 4 members (excludes halogenated alkanes) is 7. The van der Waals surface area contributed by atoms with Crippen LogP contribution >= 0.6 is 0 Å². The molecular formula is C18H28O5S. The molecule has 6 heteroatoms. The average Bonchev–Trinajstić information content (AvgIpc) is 2.52. The molecule has 0 saturated carbocycles. The van der Waals surface area contributed by atoms with Crippen LogP contribution in [0.4, 0.5) is 0 Å². The second-order valence-corrected chi connectivity index (χ2v) is 7.62. The van der Waals surface area contributed by atoms with E-state index in [4.69, 9.17) is 4.55 Å². The summed E-state index contributed by atoms with van der Waals surface area (Å²) in [4.78, 5) is 11.2. The van der Waals surface area contributed by atoms with Crippen molar-refractivity contribution in [2.45, 2.75) is 75.5 Å². The number of carboxylic acid groups (broad SMARTS) is 1. The van der Waals surface area contributed by atoms with E-state index >= 15 is 0 Å². The molecule has 5 nitrogen and oxygen atoms in total. The van der Waals surface area contributed by atoms with Crippen molar-refractivity contribution in [2.75, 3.05) is 0 Å². The van der Waals surface area contributed by atoms with Crippen molar-refractivity contribution >= 4 is 16.1 Å². The molecule has 0 bridgehead atoms. The molecule has 0 aromatic heterocycles. The summed E-state index contributed by atoms with van der Waals surface area (Å²) in [6, 6.07) is 5.42. The molecule has 0 aliphatic heterocycles. The molecule has 0 fully saturated rings. The van der Waals surface area contributed by atoms with Crippen molar-refractivity contribution in [3.8, 4) is 0 Å². The zero-order chi connectivity index (χ0) is 18.0. The first-order chi connectivity index (χ1) is 11.4. The first-order valence-corrected chi connectivity index (χ1v) is 10.1. The summed E-state index contributed by atoms with van der Waals surface area (Å²) in [5, 5.41) is 9.39. The van der Waals surface area contributed by atoms with Crippen LogP contribution in [0.2, 0.25) is 0 Å². The number of hydrogen-bond donors (Lipinski definition) is 2. The standard InChI is InChI=1S/C18H28O5S/c1-2-3-4-5-6-7-8-9-10-17(18(19)20)15-11-13-16(14-12-15)24(21,22)23/h11-14,17H,2-10H2,1H3,(H,19,20)(H,21,22,23). The lowest BCUT2D eigenvalue weighted by Crippen LogP contribution is -2.12. The molecule has 1 aromatic rings. The largest absolute Gasteiger partial charge is 0.481 e. The molecule has 0 amide bonds. The molecule has 0 spiro atoms. The molecule has 0 aliphatic rings. The quantitative estimate of drug-likeness (QED) is 0.421. The fourth-order valence-corrected chi connectivity index (χ4v) is 3.27. The number of hydrogen-bond acceptors (Lipinski definition) is 3. The van der Waals surface area contributed by atoms with Gasteiger partial charge in [-0.25, -0.2) is 0 Å². The monoisotopic (exact) mass is 356 g/mol. The Labute approximate surface area is 144 Å². The van der Waals surface area contributed by atoms with Crippen molar-refractivity contribution in [1.29, 1.82) is 0 Å². The summed E-state index contributed by atoms with van der Waals surface area (Å²) in [6.07, 6.45) is 9.73. The number of aliphatic carboxylic acids is 1. The minimum atomic E-state index is -4.25. The lowest BCUT2D eigenvalue weighted by atomic mass is 9.93. The van der Waals surface area contributed by atoms with Gasteiger partial charge in [-0.2, -0.15) is 8.42 Å². The van der Waals surface area contributed by atoms with E-state index in [1.807, 2.05) is 0 Å².